The number of carbonyl (C=O) groups is 1. The minimum atomic E-state index is 0.350. The second-order valence-corrected chi connectivity index (χ2v) is 5.30. The maximum atomic E-state index is 11.0. The number of carbonyl (C=O) groups excluding carboxylic acids is 1. The van der Waals surface area contributed by atoms with Crippen LogP contribution >= 0.6 is 0 Å². The van der Waals surface area contributed by atoms with Crippen LogP contribution in [0, 0.1) is 23.7 Å². The lowest BCUT2D eigenvalue weighted by molar-refractivity contribution is -0.117. The summed E-state index contributed by atoms with van der Waals surface area (Å²) in [6, 6.07) is 0. The highest BCUT2D eigenvalue weighted by atomic mass is 16.1. The Balaban J connectivity index is 2.49. The molecule has 0 spiro atoms. The van der Waals surface area contributed by atoms with Gasteiger partial charge in [-0.05, 0) is 37.0 Å². The molecule has 0 saturated heterocycles. The van der Waals surface area contributed by atoms with Crippen LogP contribution in [0.25, 0.3) is 0 Å². The van der Waals surface area contributed by atoms with Crippen LogP contribution in [0.15, 0.2) is 0 Å². The average molecular weight is 196 g/mol. The number of rotatable bonds is 3. The molecule has 1 aliphatic rings. The summed E-state index contributed by atoms with van der Waals surface area (Å²) < 4.78 is 0. The Labute approximate surface area is 88.3 Å². The molecule has 1 nitrogen and oxygen atoms in total. The van der Waals surface area contributed by atoms with Crippen molar-refractivity contribution in [3.8, 4) is 0 Å². The van der Waals surface area contributed by atoms with Gasteiger partial charge >= 0.3 is 0 Å². The van der Waals surface area contributed by atoms with Gasteiger partial charge in [0.15, 0.2) is 0 Å². The van der Waals surface area contributed by atoms with Gasteiger partial charge in [-0.1, -0.05) is 33.6 Å². The Kier molecular flexibility index (Phi) is 4.15. The minimum Gasteiger partial charge on any atom is -0.300 e. The first-order valence-electron chi connectivity index (χ1n) is 6.01. The molecule has 0 radical (unpaired) electrons. The summed E-state index contributed by atoms with van der Waals surface area (Å²) in [6.07, 6.45) is 4.63. The Bertz CT molecular complexity index is 197. The van der Waals surface area contributed by atoms with E-state index in [0.29, 0.717) is 5.78 Å². The highest BCUT2D eigenvalue weighted by molar-refractivity contribution is 5.75. The Morgan fingerprint density at radius 2 is 1.71 bits per heavy atom. The third kappa shape index (κ3) is 2.83. The van der Waals surface area contributed by atoms with Gasteiger partial charge in [0, 0.05) is 6.42 Å². The molecular weight excluding hydrogens is 172 g/mol. The van der Waals surface area contributed by atoms with E-state index in [1.165, 1.54) is 12.8 Å². The summed E-state index contributed by atoms with van der Waals surface area (Å²) in [4.78, 5) is 11.0. The van der Waals surface area contributed by atoms with Crippen molar-refractivity contribution in [2.75, 3.05) is 0 Å². The molecule has 4 atom stereocenters. The topological polar surface area (TPSA) is 17.1 Å². The van der Waals surface area contributed by atoms with Gasteiger partial charge in [-0.3, -0.25) is 0 Å². The summed E-state index contributed by atoms with van der Waals surface area (Å²) in [5.74, 6) is 3.60. The average Bonchev–Trinajstić information content (AvgIpc) is 2.11. The zero-order valence-corrected chi connectivity index (χ0v) is 10.0. The molecule has 1 saturated carbocycles. The molecule has 0 heterocycles. The van der Waals surface area contributed by atoms with E-state index >= 15 is 0 Å². The summed E-state index contributed by atoms with van der Waals surface area (Å²) in [5.41, 5.74) is 0. The maximum absolute atomic E-state index is 11.0. The second kappa shape index (κ2) is 4.95. The van der Waals surface area contributed by atoms with E-state index in [0.717, 1.165) is 36.5 Å². The molecule has 0 aromatic carbocycles. The lowest BCUT2D eigenvalue weighted by Gasteiger charge is -2.39. The van der Waals surface area contributed by atoms with Gasteiger partial charge in [-0.2, -0.15) is 0 Å². The largest absolute Gasteiger partial charge is 0.300 e. The quantitative estimate of drug-likeness (QED) is 0.673. The fourth-order valence-corrected chi connectivity index (χ4v) is 2.86. The van der Waals surface area contributed by atoms with E-state index in [1.807, 2.05) is 0 Å². The zero-order chi connectivity index (χ0) is 10.7. The van der Waals surface area contributed by atoms with Crippen molar-refractivity contribution in [2.24, 2.45) is 23.7 Å². The molecule has 0 bridgehead atoms. The number of hydrogen-bond acceptors (Lipinski definition) is 1. The van der Waals surface area contributed by atoms with Crippen molar-refractivity contribution < 1.29 is 4.79 Å². The number of hydrogen-bond donors (Lipinski definition) is 0. The standard InChI is InChI=1S/C13H24O/c1-9-5-6-10(2)13(12(9)4)8-7-11(3)14/h9-10,12-13H,5-8H2,1-4H3. The van der Waals surface area contributed by atoms with Crippen molar-refractivity contribution >= 4 is 5.78 Å². The lowest BCUT2D eigenvalue weighted by atomic mass is 9.67. The van der Waals surface area contributed by atoms with Crippen molar-refractivity contribution in [3.05, 3.63) is 0 Å². The van der Waals surface area contributed by atoms with Crippen LogP contribution in [0.2, 0.25) is 0 Å². The van der Waals surface area contributed by atoms with Crippen LogP contribution < -0.4 is 0 Å². The van der Waals surface area contributed by atoms with Gasteiger partial charge in [0.05, 0.1) is 0 Å². The molecule has 0 aromatic heterocycles. The van der Waals surface area contributed by atoms with Gasteiger partial charge < -0.3 is 4.79 Å². The summed E-state index contributed by atoms with van der Waals surface area (Å²) in [6.45, 7) is 8.79. The summed E-state index contributed by atoms with van der Waals surface area (Å²) in [5, 5.41) is 0. The summed E-state index contributed by atoms with van der Waals surface area (Å²) >= 11 is 0. The van der Waals surface area contributed by atoms with E-state index in [9.17, 15) is 4.79 Å². The van der Waals surface area contributed by atoms with Crippen molar-refractivity contribution in [3.63, 3.8) is 0 Å². The van der Waals surface area contributed by atoms with Gasteiger partial charge in [0.25, 0.3) is 0 Å². The third-order valence-corrected chi connectivity index (χ3v) is 4.21. The molecule has 0 amide bonds. The lowest BCUT2D eigenvalue weighted by Crippen LogP contribution is -2.30. The SMILES string of the molecule is CC(=O)CCC1C(C)CCC(C)C1C. The second-order valence-electron chi connectivity index (χ2n) is 5.30. The highest BCUT2D eigenvalue weighted by Gasteiger charge is 2.31. The normalized spacial score (nSPS) is 38.3. The van der Waals surface area contributed by atoms with Gasteiger partial charge in [-0.15, -0.1) is 0 Å². The van der Waals surface area contributed by atoms with Crippen LogP contribution in [0.1, 0.15) is 53.4 Å². The van der Waals surface area contributed by atoms with E-state index in [1.54, 1.807) is 6.92 Å². The van der Waals surface area contributed by atoms with Crippen LogP contribution in [0.3, 0.4) is 0 Å². The molecule has 1 heteroatoms. The van der Waals surface area contributed by atoms with Crippen molar-refractivity contribution in [1.29, 1.82) is 0 Å². The number of ketones is 1. The fourth-order valence-electron chi connectivity index (χ4n) is 2.86. The molecule has 1 fully saturated rings. The minimum absolute atomic E-state index is 0.350. The molecule has 4 unspecified atom stereocenters. The van der Waals surface area contributed by atoms with Gasteiger partial charge in [0.1, 0.15) is 5.78 Å². The smallest absolute Gasteiger partial charge is 0.129 e. The molecule has 1 aliphatic carbocycles. The third-order valence-electron chi connectivity index (χ3n) is 4.21. The zero-order valence-electron chi connectivity index (χ0n) is 10.0. The molecule has 0 aliphatic heterocycles. The Morgan fingerprint density at radius 1 is 1.14 bits per heavy atom. The Hall–Kier alpha value is -0.330. The first-order chi connectivity index (χ1) is 6.52. The molecule has 1 rings (SSSR count). The van der Waals surface area contributed by atoms with Crippen LogP contribution in [-0.2, 0) is 4.79 Å². The first-order valence-corrected chi connectivity index (χ1v) is 6.01. The van der Waals surface area contributed by atoms with Crippen LogP contribution in [0.4, 0.5) is 0 Å². The first kappa shape index (κ1) is 11.7. The predicted octanol–water partition coefficient (Wildman–Crippen LogP) is 3.67. The molecule has 82 valence electrons. The fraction of sp³-hybridized carbons (Fsp3) is 0.923. The van der Waals surface area contributed by atoms with Crippen molar-refractivity contribution in [2.45, 2.75) is 53.4 Å². The Morgan fingerprint density at radius 3 is 2.29 bits per heavy atom. The van der Waals surface area contributed by atoms with Crippen molar-refractivity contribution in [1.82, 2.24) is 0 Å². The van der Waals surface area contributed by atoms with Gasteiger partial charge in [0.2, 0.25) is 0 Å². The monoisotopic (exact) mass is 196 g/mol. The molecular formula is C13H24O. The van der Waals surface area contributed by atoms with Crippen LogP contribution in [0.5, 0.6) is 0 Å². The van der Waals surface area contributed by atoms with Crippen LogP contribution in [-0.4, -0.2) is 5.78 Å². The van der Waals surface area contributed by atoms with E-state index in [-0.39, 0.29) is 0 Å². The van der Waals surface area contributed by atoms with E-state index < -0.39 is 0 Å². The number of Topliss-reactive ketones (excluding diaryl/α,β-unsaturated/α-hetero) is 1. The van der Waals surface area contributed by atoms with E-state index in [4.69, 9.17) is 0 Å². The summed E-state index contributed by atoms with van der Waals surface area (Å²) in [7, 11) is 0. The molecule has 14 heavy (non-hydrogen) atoms. The van der Waals surface area contributed by atoms with E-state index in [2.05, 4.69) is 20.8 Å². The van der Waals surface area contributed by atoms with Gasteiger partial charge in [-0.25, -0.2) is 0 Å². The highest BCUT2D eigenvalue weighted by Crippen LogP contribution is 2.40. The predicted molar refractivity (Wildman–Crippen MR) is 60.1 cm³/mol. The molecule has 0 aromatic rings. The maximum Gasteiger partial charge on any atom is 0.129 e. The molecule has 0 N–H and O–H groups in total.